The van der Waals surface area contributed by atoms with Gasteiger partial charge in [0.15, 0.2) is 0 Å². The number of hydrogen-bond acceptors (Lipinski definition) is 1. The van der Waals surface area contributed by atoms with E-state index in [1.807, 2.05) is 12.1 Å². The van der Waals surface area contributed by atoms with Crippen LogP contribution in [0.15, 0.2) is 22.7 Å². The maximum atomic E-state index is 5.19. The predicted molar refractivity (Wildman–Crippen MR) is 76.4 cm³/mol. The highest BCUT2D eigenvalue weighted by Crippen LogP contribution is 2.39. The fourth-order valence-electron chi connectivity index (χ4n) is 1.48. The van der Waals surface area contributed by atoms with Gasteiger partial charge in [0.25, 0.3) is 0 Å². The highest BCUT2D eigenvalue weighted by atomic mass is 79.9. The van der Waals surface area contributed by atoms with Gasteiger partial charge < -0.3 is 4.74 Å². The van der Waals surface area contributed by atoms with Gasteiger partial charge in [0, 0.05) is 9.30 Å². The third-order valence-corrected chi connectivity index (χ3v) is 5.03. The second-order valence-electron chi connectivity index (χ2n) is 4.39. The zero-order valence-corrected chi connectivity index (χ0v) is 13.3. The third-order valence-electron chi connectivity index (χ3n) is 3.02. The molecular weight excluding hydrogens is 332 g/mol. The van der Waals surface area contributed by atoms with Crippen molar-refractivity contribution >= 4 is 31.9 Å². The average molecular weight is 350 g/mol. The van der Waals surface area contributed by atoms with E-state index in [2.05, 4.69) is 58.7 Å². The van der Waals surface area contributed by atoms with Crippen LogP contribution < -0.4 is 4.74 Å². The molecule has 3 heteroatoms. The van der Waals surface area contributed by atoms with Gasteiger partial charge in [0.05, 0.1) is 7.11 Å². The van der Waals surface area contributed by atoms with Gasteiger partial charge in [-0.15, -0.1) is 0 Å². The summed E-state index contributed by atoms with van der Waals surface area (Å²) >= 11 is 7.37. The number of ether oxygens (including phenoxy) is 1. The molecule has 1 rings (SSSR count). The molecule has 0 aliphatic heterocycles. The number of benzene rings is 1. The molecule has 0 saturated heterocycles. The number of methoxy groups -OCH3 is 1. The van der Waals surface area contributed by atoms with Crippen molar-refractivity contribution in [1.29, 1.82) is 0 Å². The first kappa shape index (κ1) is 14.0. The van der Waals surface area contributed by atoms with Crippen LogP contribution in [0.4, 0.5) is 0 Å². The molecule has 0 spiro atoms. The molecule has 0 fully saturated rings. The van der Waals surface area contributed by atoms with Crippen molar-refractivity contribution in [2.24, 2.45) is 11.8 Å². The molecule has 0 saturated carbocycles. The smallest absolute Gasteiger partial charge is 0.120 e. The molecule has 0 aliphatic rings. The van der Waals surface area contributed by atoms with Crippen molar-refractivity contribution < 1.29 is 4.74 Å². The van der Waals surface area contributed by atoms with Gasteiger partial charge in [-0.2, -0.15) is 0 Å². The second kappa shape index (κ2) is 6.06. The van der Waals surface area contributed by atoms with E-state index in [1.165, 1.54) is 5.56 Å². The molecule has 0 heterocycles. The van der Waals surface area contributed by atoms with E-state index in [0.29, 0.717) is 16.7 Å². The maximum absolute atomic E-state index is 5.19. The summed E-state index contributed by atoms with van der Waals surface area (Å²) < 4.78 is 6.29. The largest absolute Gasteiger partial charge is 0.497 e. The van der Waals surface area contributed by atoms with Crippen LogP contribution >= 0.6 is 31.9 Å². The molecule has 1 aromatic rings. The monoisotopic (exact) mass is 348 g/mol. The van der Waals surface area contributed by atoms with E-state index in [0.717, 1.165) is 10.2 Å². The molecule has 16 heavy (non-hydrogen) atoms. The van der Waals surface area contributed by atoms with Crippen LogP contribution in [0, 0.1) is 11.8 Å². The van der Waals surface area contributed by atoms with Gasteiger partial charge in [-0.1, -0.05) is 58.7 Å². The fourth-order valence-corrected chi connectivity index (χ4v) is 3.40. The first-order valence-corrected chi connectivity index (χ1v) is 7.15. The van der Waals surface area contributed by atoms with Crippen LogP contribution in [0.1, 0.15) is 31.2 Å². The highest BCUT2D eigenvalue weighted by molar-refractivity contribution is 9.11. The maximum Gasteiger partial charge on any atom is 0.120 e. The standard InChI is InChI=1S/C13H18Br2O/c1-8(2)9(3)13(15)11-6-5-10(16-4)7-12(11)14/h5-9,13H,1-4H3. The Labute approximate surface area is 115 Å². The van der Waals surface area contributed by atoms with Crippen molar-refractivity contribution in [3.63, 3.8) is 0 Å². The van der Waals surface area contributed by atoms with E-state index in [1.54, 1.807) is 7.11 Å². The normalized spacial score (nSPS) is 14.9. The quantitative estimate of drug-likeness (QED) is 0.680. The summed E-state index contributed by atoms with van der Waals surface area (Å²) in [6, 6.07) is 6.12. The van der Waals surface area contributed by atoms with E-state index < -0.39 is 0 Å². The average Bonchev–Trinajstić information content (AvgIpc) is 2.26. The Morgan fingerprint density at radius 2 is 1.81 bits per heavy atom. The molecule has 0 radical (unpaired) electrons. The van der Waals surface area contributed by atoms with E-state index in [4.69, 9.17) is 4.74 Å². The third kappa shape index (κ3) is 3.24. The van der Waals surface area contributed by atoms with Crippen LogP contribution in [0.25, 0.3) is 0 Å². The van der Waals surface area contributed by atoms with Gasteiger partial charge in [0.2, 0.25) is 0 Å². The summed E-state index contributed by atoms with van der Waals surface area (Å²) in [5.41, 5.74) is 1.28. The SMILES string of the molecule is COc1ccc(C(Br)C(C)C(C)C)c(Br)c1. The molecule has 90 valence electrons. The minimum absolute atomic E-state index is 0.368. The zero-order chi connectivity index (χ0) is 12.3. The van der Waals surface area contributed by atoms with Crippen LogP contribution in [0.5, 0.6) is 5.75 Å². The van der Waals surface area contributed by atoms with Crippen LogP contribution in [0.3, 0.4) is 0 Å². The summed E-state index contributed by atoms with van der Waals surface area (Å²) in [5, 5.41) is 0. The summed E-state index contributed by atoms with van der Waals surface area (Å²) in [6.45, 7) is 6.76. The Morgan fingerprint density at radius 1 is 1.19 bits per heavy atom. The predicted octanol–water partition coefficient (Wildman–Crippen LogP) is 5.19. The second-order valence-corrected chi connectivity index (χ2v) is 6.23. The summed E-state index contributed by atoms with van der Waals surface area (Å²) in [5.74, 6) is 2.12. The van der Waals surface area contributed by atoms with Gasteiger partial charge in [0.1, 0.15) is 5.75 Å². The van der Waals surface area contributed by atoms with Gasteiger partial charge >= 0.3 is 0 Å². The zero-order valence-electron chi connectivity index (χ0n) is 10.1. The Kier molecular flexibility index (Phi) is 5.32. The van der Waals surface area contributed by atoms with E-state index in [9.17, 15) is 0 Å². The van der Waals surface area contributed by atoms with Crippen molar-refractivity contribution in [2.45, 2.75) is 25.6 Å². The van der Waals surface area contributed by atoms with Crippen molar-refractivity contribution in [2.75, 3.05) is 7.11 Å². The minimum atomic E-state index is 0.368. The molecule has 0 bridgehead atoms. The molecule has 0 N–H and O–H groups in total. The molecule has 2 atom stereocenters. The van der Waals surface area contributed by atoms with Crippen molar-refractivity contribution in [3.05, 3.63) is 28.2 Å². The lowest BCUT2D eigenvalue weighted by Gasteiger charge is -2.23. The van der Waals surface area contributed by atoms with Crippen LogP contribution in [0.2, 0.25) is 0 Å². The highest BCUT2D eigenvalue weighted by Gasteiger charge is 2.21. The topological polar surface area (TPSA) is 9.23 Å². The van der Waals surface area contributed by atoms with Crippen LogP contribution in [-0.4, -0.2) is 7.11 Å². The number of alkyl halides is 1. The summed E-state index contributed by atoms with van der Waals surface area (Å²) in [7, 11) is 1.68. The Bertz CT molecular complexity index is 350. The molecule has 0 aromatic heterocycles. The van der Waals surface area contributed by atoms with Gasteiger partial charge in [-0.05, 0) is 29.5 Å². The first-order valence-electron chi connectivity index (χ1n) is 5.44. The van der Waals surface area contributed by atoms with E-state index >= 15 is 0 Å². The lowest BCUT2D eigenvalue weighted by atomic mass is 9.91. The lowest BCUT2D eigenvalue weighted by Crippen LogP contribution is -2.10. The number of hydrogen-bond donors (Lipinski definition) is 0. The molecule has 0 amide bonds. The fraction of sp³-hybridized carbons (Fsp3) is 0.538. The Balaban J connectivity index is 2.96. The van der Waals surface area contributed by atoms with Gasteiger partial charge in [-0.25, -0.2) is 0 Å². The summed E-state index contributed by atoms with van der Waals surface area (Å²) in [4.78, 5) is 0.368. The van der Waals surface area contributed by atoms with Crippen molar-refractivity contribution in [1.82, 2.24) is 0 Å². The van der Waals surface area contributed by atoms with Gasteiger partial charge in [-0.3, -0.25) is 0 Å². The lowest BCUT2D eigenvalue weighted by molar-refractivity contribution is 0.408. The minimum Gasteiger partial charge on any atom is -0.497 e. The van der Waals surface area contributed by atoms with Crippen molar-refractivity contribution in [3.8, 4) is 5.75 Å². The number of rotatable bonds is 4. The Hall–Kier alpha value is -0.0200. The molecule has 2 unspecified atom stereocenters. The summed E-state index contributed by atoms with van der Waals surface area (Å²) in [6.07, 6.45) is 0. The molecule has 1 aromatic carbocycles. The Morgan fingerprint density at radius 3 is 2.25 bits per heavy atom. The molecule has 0 aliphatic carbocycles. The molecular formula is C13H18Br2O. The van der Waals surface area contributed by atoms with Crippen LogP contribution in [-0.2, 0) is 0 Å². The molecule has 1 nitrogen and oxygen atoms in total. The first-order chi connectivity index (χ1) is 7.47. The number of halogens is 2. The van der Waals surface area contributed by atoms with E-state index in [-0.39, 0.29) is 0 Å².